The van der Waals surface area contributed by atoms with Crippen molar-refractivity contribution in [2.45, 2.75) is 19.4 Å². The number of pyridine rings is 1. The number of anilines is 1. The predicted molar refractivity (Wildman–Crippen MR) is 117 cm³/mol. The normalized spacial score (nSPS) is 11.3. The molecule has 0 saturated carbocycles. The topological polar surface area (TPSA) is 115 Å². The number of aryl methyl sites for hydroxylation is 1. The summed E-state index contributed by atoms with van der Waals surface area (Å²) in [5.74, 6) is 0.874. The first kappa shape index (κ1) is 24.9. The number of carbonyl (C=O) groups is 2. The first-order chi connectivity index (χ1) is 14.6. The van der Waals surface area contributed by atoms with E-state index in [0.717, 1.165) is 11.1 Å². The van der Waals surface area contributed by atoms with E-state index in [1.165, 1.54) is 4.90 Å². The van der Waals surface area contributed by atoms with E-state index in [-0.39, 0.29) is 36.8 Å². The maximum absolute atomic E-state index is 12.9. The van der Waals surface area contributed by atoms with Gasteiger partial charge in [0.1, 0.15) is 5.75 Å². The van der Waals surface area contributed by atoms with Gasteiger partial charge < -0.3 is 22.6 Å². The zero-order chi connectivity index (χ0) is 20.9. The van der Waals surface area contributed by atoms with Gasteiger partial charge in [-0.25, -0.2) is 10.2 Å². The van der Waals surface area contributed by atoms with Crippen LogP contribution in [0.3, 0.4) is 0 Å². The summed E-state index contributed by atoms with van der Waals surface area (Å²) in [4.78, 5) is 30.5. The highest BCUT2D eigenvalue weighted by molar-refractivity contribution is 6.31. The van der Waals surface area contributed by atoms with Crippen molar-refractivity contribution in [3.8, 4) is 11.5 Å². The standard InChI is InChI=1S/C22H19ClN4O3.ClH.H2O/c23-17-6-7-20-18(13-17)27(14-16-3-1-2-4-19(16)30-20)22(29)26-25-21(28)8-5-15-9-11-24-12-10-15;;/h1-4,6-7,9-13H,5,8,14H2,(H,25,28)(H,26,29);1H;1H2/p-1. The van der Waals surface area contributed by atoms with E-state index >= 15 is 0 Å². The number of nitrogens with one attached hydrogen (secondary N) is 2. The Morgan fingerprint density at radius 2 is 1.78 bits per heavy atom. The van der Waals surface area contributed by atoms with Gasteiger partial charge in [-0.3, -0.25) is 20.1 Å². The van der Waals surface area contributed by atoms with Gasteiger partial charge in [0.25, 0.3) is 0 Å². The minimum absolute atomic E-state index is 0. The molecule has 0 fully saturated rings. The first-order valence-corrected chi connectivity index (χ1v) is 9.78. The Morgan fingerprint density at radius 3 is 2.56 bits per heavy atom. The summed E-state index contributed by atoms with van der Waals surface area (Å²) < 4.78 is 5.98. The van der Waals surface area contributed by atoms with Crippen molar-refractivity contribution in [3.63, 3.8) is 0 Å². The van der Waals surface area contributed by atoms with Gasteiger partial charge in [-0.1, -0.05) is 29.8 Å². The van der Waals surface area contributed by atoms with Crippen LogP contribution in [0.25, 0.3) is 0 Å². The lowest BCUT2D eigenvalue weighted by atomic mass is 10.1. The van der Waals surface area contributed by atoms with Gasteiger partial charge in [-0.05, 0) is 48.4 Å². The molecule has 0 aliphatic carbocycles. The van der Waals surface area contributed by atoms with Gasteiger partial charge in [0, 0.05) is 29.4 Å². The van der Waals surface area contributed by atoms with E-state index in [1.54, 1.807) is 30.6 Å². The average Bonchev–Trinajstić information content (AvgIpc) is 2.93. The molecular formula is C22H21Cl2N4O4-. The molecule has 168 valence electrons. The van der Waals surface area contributed by atoms with Crippen LogP contribution in [-0.4, -0.2) is 22.4 Å². The van der Waals surface area contributed by atoms with Crippen LogP contribution >= 0.6 is 11.6 Å². The van der Waals surface area contributed by atoms with E-state index in [2.05, 4.69) is 15.8 Å². The van der Waals surface area contributed by atoms with Crippen LogP contribution in [0.4, 0.5) is 10.5 Å². The lowest BCUT2D eigenvalue weighted by molar-refractivity contribution is -0.121. The third-order valence-corrected chi connectivity index (χ3v) is 4.91. The number of amides is 3. The second-order valence-corrected chi connectivity index (χ2v) is 7.18. The summed E-state index contributed by atoms with van der Waals surface area (Å²) in [5.41, 5.74) is 7.30. The Morgan fingerprint density at radius 1 is 1.03 bits per heavy atom. The van der Waals surface area contributed by atoms with Gasteiger partial charge in [0.2, 0.25) is 5.91 Å². The van der Waals surface area contributed by atoms with Gasteiger partial charge >= 0.3 is 6.03 Å². The van der Waals surface area contributed by atoms with Crippen LogP contribution in [0.2, 0.25) is 5.02 Å². The van der Waals surface area contributed by atoms with E-state index < -0.39 is 6.03 Å². The Kier molecular flexibility index (Phi) is 8.83. The lowest BCUT2D eigenvalue weighted by Gasteiger charge is -2.22. The molecule has 0 spiro atoms. The number of ether oxygens (including phenoxy) is 1. The van der Waals surface area contributed by atoms with Crippen molar-refractivity contribution >= 4 is 29.2 Å². The maximum Gasteiger partial charge on any atom is 0.341 e. The average molecular weight is 476 g/mol. The molecule has 10 heteroatoms. The predicted octanol–water partition coefficient (Wildman–Crippen LogP) is 0.400. The van der Waals surface area contributed by atoms with E-state index in [4.69, 9.17) is 16.3 Å². The molecule has 0 radical (unpaired) electrons. The first-order valence-electron chi connectivity index (χ1n) is 9.41. The maximum atomic E-state index is 12.9. The number of halogens is 2. The number of hydrogen-bond acceptors (Lipinski definition) is 4. The molecule has 1 aliphatic rings. The number of hydrazine groups is 1. The molecule has 8 nitrogen and oxygen atoms in total. The van der Waals surface area contributed by atoms with Gasteiger partial charge in [0.15, 0.2) is 5.75 Å². The van der Waals surface area contributed by atoms with Gasteiger partial charge in [0.05, 0.1) is 12.2 Å². The second-order valence-electron chi connectivity index (χ2n) is 6.74. The van der Waals surface area contributed by atoms with Crippen molar-refractivity contribution in [2.75, 3.05) is 4.90 Å². The second kappa shape index (κ2) is 11.3. The molecule has 0 unspecified atom stereocenters. The molecule has 3 aromatic rings. The van der Waals surface area contributed by atoms with Crippen LogP contribution in [0.15, 0.2) is 67.0 Å². The van der Waals surface area contributed by atoms with Crippen molar-refractivity contribution in [2.24, 2.45) is 0 Å². The molecule has 0 atom stereocenters. The van der Waals surface area contributed by atoms with Crippen molar-refractivity contribution < 1.29 is 32.2 Å². The van der Waals surface area contributed by atoms with Crippen molar-refractivity contribution in [3.05, 3.63) is 83.1 Å². The fourth-order valence-corrected chi connectivity index (χ4v) is 3.30. The van der Waals surface area contributed by atoms with Crippen LogP contribution < -0.4 is 32.9 Å². The molecule has 1 aliphatic heterocycles. The smallest absolute Gasteiger partial charge is 0.341 e. The number of carbonyl (C=O) groups excluding carboxylic acids is 2. The van der Waals surface area contributed by atoms with Crippen LogP contribution in [-0.2, 0) is 17.8 Å². The summed E-state index contributed by atoms with van der Waals surface area (Å²) in [6.07, 6.45) is 4.14. The van der Waals surface area contributed by atoms with E-state index in [0.29, 0.717) is 28.6 Å². The van der Waals surface area contributed by atoms with E-state index in [1.807, 2.05) is 36.4 Å². The minimum atomic E-state index is -0.490. The quantitative estimate of drug-likeness (QED) is 0.533. The molecule has 1 aromatic heterocycles. The van der Waals surface area contributed by atoms with Gasteiger partial charge in [-0.15, -0.1) is 0 Å². The molecule has 0 bridgehead atoms. The summed E-state index contributed by atoms with van der Waals surface area (Å²) in [6, 6.07) is 15.8. The van der Waals surface area contributed by atoms with Crippen LogP contribution in [0, 0.1) is 0 Å². The summed E-state index contributed by atoms with van der Waals surface area (Å²) >= 11 is 6.15. The number of para-hydroxylation sites is 1. The SMILES string of the molecule is O.O=C(CCc1ccncc1)NNC(=O)N1Cc2ccccc2Oc2ccc(Cl)cc21.[Cl-]. The molecule has 4 rings (SSSR count). The Balaban J connectivity index is 0.00000181. The third kappa shape index (κ3) is 5.88. The zero-order valence-corrected chi connectivity index (χ0v) is 18.4. The van der Waals surface area contributed by atoms with Crippen molar-refractivity contribution in [1.29, 1.82) is 0 Å². The minimum Gasteiger partial charge on any atom is -1.00 e. The number of nitrogens with zero attached hydrogens (tertiary/aromatic N) is 2. The summed E-state index contributed by atoms with van der Waals surface area (Å²) in [5, 5.41) is 0.475. The highest BCUT2D eigenvalue weighted by atomic mass is 35.5. The zero-order valence-electron chi connectivity index (χ0n) is 16.8. The number of benzene rings is 2. The number of urea groups is 1. The Hall–Kier alpha value is -3.33. The highest BCUT2D eigenvalue weighted by Crippen LogP contribution is 2.40. The molecule has 3 amide bonds. The summed E-state index contributed by atoms with van der Waals surface area (Å²) in [6.45, 7) is 0.266. The molecule has 2 aromatic carbocycles. The fourth-order valence-electron chi connectivity index (χ4n) is 3.14. The lowest BCUT2D eigenvalue weighted by Crippen LogP contribution is -3.00. The van der Waals surface area contributed by atoms with Gasteiger partial charge in [-0.2, -0.15) is 0 Å². The monoisotopic (exact) mass is 475 g/mol. The highest BCUT2D eigenvalue weighted by Gasteiger charge is 2.26. The molecular weight excluding hydrogens is 455 g/mol. The fraction of sp³-hybridized carbons (Fsp3) is 0.136. The number of rotatable bonds is 3. The van der Waals surface area contributed by atoms with Crippen LogP contribution in [0.1, 0.15) is 17.5 Å². The molecule has 2 heterocycles. The third-order valence-electron chi connectivity index (χ3n) is 4.68. The van der Waals surface area contributed by atoms with E-state index in [9.17, 15) is 9.59 Å². The molecule has 4 N–H and O–H groups in total. The number of hydrogen-bond donors (Lipinski definition) is 2. The Bertz CT molecular complexity index is 1080. The Labute approximate surface area is 196 Å². The summed E-state index contributed by atoms with van der Waals surface area (Å²) in [7, 11) is 0. The van der Waals surface area contributed by atoms with Crippen LogP contribution in [0.5, 0.6) is 11.5 Å². The number of fused-ring (bicyclic) bond motifs is 2. The largest absolute Gasteiger partial charge is 1.00 e. The molecule has 0 saturated heterocycles. The molecule has 32 heavy (non-hydrogen) atoms. The van der Waals surface area contributed by atoms with Crippen molar-refractivity contribution in [1.82, 2.24) is 15.8 Å². The number of aromatic nitrogens is 1.